The number of nitrogens with one attached hydrogen (secondary N) is 2. The van der Waals surface area contributed by atoms with Crippen LogP contribution in [0, 0.1) is 0 Å². The van der Waals surface area contributed by atoms with Gasteiger partial charge in [0.05, 0.1) is 18.8 Å². The Morgan fingerprint density at radius 1 is 1.27 bits per heavy atom. The van der Waals surface area contributed by atoms with Crippen LogP contribution in [-0.2, 0) is 24.8 Å². The molecule has 1 aromatic carbocycles. The first-order chi connectivity index (χ1) is 12.2. The van der Waals surface area contributed by atoms with Gasteiger partial charge in [-0.15, -0.1) is 24.0 Å². The molecule has 2 heterocycles. The van der Waals surface area contributed by atoms with Crippen molar-refractivity contribution >= 4 is 41.5 Å². The average Bonchev–Trinajstić information content (AvgIpc) is 3.06. The number of amides is 1. The first-order valence-electron chi connectivity index (χ1n) is 8.48. The second-order valence-electron chi connectivity index (χ2n) is 6.00. The van der Waals surface area contributed by atoms with Gasteiger partial charge in [-0.2, -0.15) is 5.10 Å². The van der Waals surface area contributed by atoms with E-state index in [2.05, 4.69) is 26.8 Å². The quantitative estimate of drug-likeness (QED) is 0.407. The lowest BCUT2D eigenvalue weighted by Gasteiger charge is -2.29. The molecule has 3 rings (SSSR count). The fourth-order valence-corrected chi connectivity index (χ4v) is 3.02. The molecule has 0 saturated heterocycles. The Bertz CT molecular complexity index is 773. The number of aliphatic imine (C=N–C) groups is 1. The number of hydrogen-bond donors (Lipinski definition) is 2. The standard InChI is InChI=1S/C18H24N6O.HI/c1-19-18(20-12-15-9-10-22-23(15)2)21-13-17(25)24-11-5-7-14-6-3-4-8-16(14)24;/h3-4,6,8-10H,5,7,11-13H2,1-2H3,(H2,19,20,21);1H. The molecule has 0 bridgehead atoms. The molecule has 2 N–H and O–H groups in total. The van der Waals surface area contributed by atoms with Crippen LogP contribution in [-0.4, -0.2) is 41.8 Å². The Balaban J connectivity index is 0.00000243. The average molecular weight is 468 g/mol. The molecule has 2 aromatic rings. The largest absolute Gasteiger partial charge is 0.351 e. The van der Waals surface area contributed by atoms with Gasteiger partial charge in [0, 0.05) is 32.5 Å². The predicted molar refractivity (Wildman–Crippen MR) is 114 cm³/mol. The van der Waals surface area contributed by atoms with Gasteiger partial charge in [-0.05, 0) is 30.5 Å². The smallest absolute Gasteiger partial charge is 0.246 e. The summed E-state index contributed by atoms with van der Waals surface area (Å²) in [5, 5.41) is 10.4. The fraction of sp³-hybridized carbons (Fsp3) is 0.389. The molecule has 26 heavy (non-hydrogen) atoms. The number of hydrogen-bond acceptors (Lipinski definition) is 3. The molecule has 0 radical (unpaired) electrons. The summed E-state index contributed by atoms with van der Waals surface area (Å²) in [6, 6.07) is 10.1. The molecule has 7 nitrogen and oxygen atoms in total. The second kappa shape index (κ2) is 9.56. The van der Waals surface area contributed by atoms with Crippen LogP contribution in [0.3, 0.4) is 0 Å². The number of aromatic nitrogens is 2. The number of fused-ring (bicyclic) bond motifs is 1. The van der Waals surface area contributed by atoms with Gasteiger partial charge in [0.1, 0.15) is 0 Å². The van der Waals surface area contributed by atoms with Gasteiger partial charge in [-0.3, -0.25) is 14.5 Å². The Hall–Kier alpha value is -2.10. The number of carbonyl (C=O) groups excluding carboxylic acids is 1. The van der Waals surface area contributed by atoms with Gasteiger partial charge < -0.3 is 15.5 Å². The topological polar surface area (TPSA) is 74.6 Å². The third kappa shape index (κ3) is 4.75. The van der Waals surface area contributed by atoms with E-state index >= 15 is 0 Å². The van der Waals surface area contributed by atoms with Crippen LogP contribution in [0.15, 0.2) is 41.5 Å². The number of anilines is 1. The molecule has 1 aliphatic rings. The normalized spacial score (nSPS) is 13.6. The third-order valence-electron chi connectivity index (χ3n) is 4.40. The van der Waals surface area contributed by atoms with Gasteiger partial charge in [-0.25, -0.2) is 0 Å². The minimum Gasteiger partial charge on any atom is -0.351 e. The summed E-state index contributed by atoms with van der Waals surface area (Å²) < 4.78 is 1.80. The maximum atomic E-state index is 12.6. The Labute approximate surface area is 170 Å². The molecule has 0 saturated carbocycles. The third-order valence-corrected chi connectivity index (χ3v) is 4.40. The Morgan fingerprint density at radius 2 is 2.08 bits per heavy atom. The summed E-state index contributed by atoms with van der Waals surface area (Å²) in [7, 11) is 3.59. The number of aryl methyl sites for hydroxylation is 2. The lowest BCUT2D eigenvalue weighted by molar-refractivity contribution is -0.117. The molecule has 1 amide bonds. The van der Waals surface area contributed by atoms with E-state index in [1.54, 1.807) is 17.9 Å². The van der Waals surface area contributed by atoms with Gasteiger partial charge >= 0.3 is 0 Å². The van der Waals surface area contributed by atoms with E-state index in [1.165, 1.54) is 5.56 Å². The highest BCUT2D eigenvalue weighted by Gasteiger charge is 2.21. The summed E-state index contributed by atoms with van der Waals surface area (Å²) in [6.45, 7) is 1.56. The van der Waals surface area contributed by atoms with Crippen LogP contribution in [0.5, 0.6) is 0 Å². The van der Waals surface area contributed by atoms with Crippen molar-refractivity contribution in [2.45, 2.75) is 19.4 Å². The van der Waals surface area contributed by atoms with Crippen LogP contribution in [0.2, 0.25) is 0 Å². The second-order valence-corrected chi connectivity index (χ2v) is 6.00. The molecule has 0 aliphatic carbocycles. The van der Waals surface area contributed by atoms with Crippen molar-refractivity contribution in [3.8, 4) is 0 Å². The number of rotatable bonds is 4. The maximum absolute atomic E-state index is 12.6. The Kier molecular flexibility index (Phi) is 7.43. The van der Waals surface area contributed by atoms with Gasteiger partial charge in [0.2, 0.25) is 5.91 Å². The molecular weight excluding hydrogens is 443 g/mol. The van der Waals surface area contributed by atoms with Crippen LogP contribution in [0.1, 0.15) is 17.7 Å². The number of benzene rings is 1. The van der Waals surface area contributed by atoms with Gasteiger partial charge in [0.15, 0.2) is 5.96 Å². The van der Waals surface area contributed by atoms with Crippen molar-refractivity contribution < 1.29 is 4.79 Å². The molecule has 140 valence electrons. The first-order valence-corrected chi connectivity index (χ1v) is 8.48. The van der Waals surface area contributed by atoms with E-state index in [-0.39, 0.29) is 36.4 Å². The van der Waals surface area contributed by atoms with E-state index < -0.39 is 0 Å². The number of nitrogens with zero attached hydrogens (tertiary/aromatic N) is 4. The molecule has 8 heteroatoms. The maximum Gasteiger partial charge on any atom is 0.246 e. The van der Waals surface area contributed by atoms with Crippen LogP contribution < -0.4 is 15.5 Å². The van der Waals surface area contributed by atoms with Crippen molar-refractivity contribution in [2.24, 2.45) is 12.0 Å². The van der Waals surface area contributed by atoms with Crippen molar-refractivity contribution in [1.82, 2.24) is 20.4 Å². The number of guanidine groups is 1. The van der Waals surface area contributed by atoms with E-state index in [4.69, 9.17) is 0 Å². The Morgan fingerprint density at radius 3 is 2.81 bits per heavy atom. The molecular formula is C18H25IN6O. The molecule has 0 fully saturated rings. The molecule has 1 aliphatic heterocycles. The highest BCUT2D eigenvalue weighted by atomic mass is 127. The minimum absolute atomic E-state index is 0. The first kappa shape index (κ1) is 20.2. The number of para-hydroxylation sites is 1. The predicted octanol–water partition coefficient (Wildman–Crippen LogP) is 1.68. The summed E-state index contributed by atoms with van der Waals surface area (Å²) in [4.78, 5) is 18.7. The fourth-order valence-electron chi connectivity index (χ4n) is 3.02. The monoisotopic (exact) mass is 468 g/mol. The zero-order valence-corrected chi connectivity index (χ0v) is 17.4. The van der Waals surface area contributed by atoms with E-state index in [1.807, 2.05) is 36.2 Å². The summed E-state index contributed by atoms with van der Waals surface area (Å²) >= 11 is 0. The molecule has 0 spiro atoms. The van der Waals surface area contributed by atoms with Crippen molar-refractivity contribution in [3.63, 3.8) is 0 Å². The van der Waals surface area contributed by atoms with Crippen LogP contribution >= 0.6 is 24.0 Å². The molecule has 0 unspecified atom stereocenters. The lowest BCUT2D eigenvalue weighted by Crippen LogP contribution is -2.46. The number of halogens is 1. The zero-order chi connectivity index (χ0) is 17.6. The van der Waals surface area contributed by atoms with Crippen molar-refractivity contribution in [3.05, 3.63) is 47.8 Å². The highest BCUT2D eigenvalue weighted by molar-refractivity contribution is 14.0. The van der Waals surface area contributed by atoms with Crippen molar-refractivity contribution in [2.75, 3.05) is 25.0 Å². The molecule has 0 atom stereocenters. The van der Waals surface area contributed by atoms with E-state index in [0.29, 0.717) is 12.5 Å². The summed E-state index contributed by atoms with van der Waals surface area (Å²) in [5.74, 6) is 0.649. The van der Waals surface area contributed by atoms with E-state index in [0.717, 1.165) is 30.8 Å². The van der Waals surface area contributed by atoms with Gasteiger partial charge in [-0.1, -0.05) is 18.2 Å². The minimum atomic E-state index is 0. The van der Waals surface area contributed by atoms with E-state index in [9.17, 15) is 4.79 Å². The summed E-state index contributed by atoms with van der Waals surface area (Å²) in [5.41, 5.74) is 3.30. The number of carbonyl (C=O) groups is 1. The highest BCUT2D eigenvalue weighted by Crippen LogP contribution is 2.26. The SMILES string of the molecule is CN=C(NCC(=O)N1CCCc2ccccc21)NCc1ccnn1C.I. The van der Waals surface area contributed by atoms with Gasteiger partial charge in [0.25, 0.3) is 0 Å². The molecule has 1 aromatic heterocycles. The van der Waals surface area contributed by atoms with Crippen LogP contribution in [0.4, 0.5) is 5.69 Å². The zero-order valence-electron chi connectivity index (χ0n) is 15.1. The van der Waals surface area contributed by atoms with Crippen molar-refractivity contribution in [1.29, 1.82) is 0 Å². The lowest BCUT2D eigenvalue weighted by atomic mass is 10.0. The van der Waals surface area contributed by atoms with Crippen LogP contribution in [0.25, 0.3) is 0 Å². The summed E-state index contributed by atoms with van der Waals surface area (Å²) in [6.07, 6.45) is 3.78.